The minimum Gasteiger partial charge on any atom is -0.390 e. The molecule has 1 amide bonds. The smallest absolute Gasteiger partial charge is 0.287 e. The van der Waals surface area contributed by atoms with Crippen molar-refractivity contribution in [2.45, 2.75) is 19.3 Å². The molecule has 14 heavy (non-hydrogen) atoms. The van der Waals surface area contributed by atoms with E-state index in [-0.39, 0.29) is 5.92 Å². The second kappa shape index (κ2) is 5.87. The molecule has 0 aliphatic rings. The van der Waals surface area contributed by atoms with Crippen molar-refractivity contribution in [1.82, 2.24) is 5.32 Å². The maximum absolute atomic E-state index is 12.5. The fourth-order valence-electron chi connectivity index (χ4n) is 0.828. The van der Waals surface area contributed by atoms with Crippen molar-refractivity contribution in [1.29, 1.82) is 0 Å². The van der Waals surface area contributed by atoms with E-state index in [1.807, 2.05) is 0 Å². The topological polar surface area (TPSA) is 75.4 Å². The fourth-order valence-corrected chi connectivity index (χ4v) is 0.828. The van der Waals surface area contributed by atoms with Gasteiger partial charge in [0.1, 0.15) is 6.61 Å². The summed E-state index contributed by atoms with van der Waals surface area (Å²) in [7, 11) is 0. The highest BCUT2D eigenvalue weighted by molar-refractivity contribution is 5.78. The molecule has 0 aliphatic carbocycles. The van der Waals surface area contributed by atoms with E-state index in [9.17, 15) is 13.6 Å². The first-order chi connectivity index (χ1) is 6.43. The average Bonchev–Trinajstić information content (AvgIpc) is 2.15. The number of amides is 1. The number of carbonyl (C=O) groups is 1. The third-order valence-electron chi connectivity index (χ3n) is 1.80. The minimum absolute atomic E-state index is 0.338. The van der Waals surface area contributed by atoms with Gasteiger partial charge in [-0.25, -0.2) is 8.78 Å². The lowest BCUT2D eigenvalue weighted by atomic mass is 10.1. The van der Waals surface area contributed by atoms with Crippen molar-refractivity contribution < 1.29 is 18.7 Å². The molecule has 0 fully saturated rings. The lowest BCUT2D eigenvalue weighted by Gasteiger charge is -2.16. The summed E-state index contributed by atoms with van der Waals surface area (Å²) in [5.74, 6) is -4.10. The summed E-state index contributed by atoms with van der Waals surface area (Å²) in [6.45, 7) is -0.153. The lowest BCUT2D eigenvalue weighted by molar-refractivity contribution is -0.127. The van der Waals surface area contributed by atoms with Crippen LogP contribution in [0.25, 0.3) is 0 Å². The van der Waals surface area contributed by atoms with Gasteiger partial charge in [-0.05, 0) is 13.0 Å². The maximum atomic E-state index is 12.5. The number of alkyl halides is 2. The number of nitrogens with two attached hydrogens (primary N) is 1. The summed E-state index contributed by atoms with van der Waals surface area (Å²) in [5.41, 5.74) is 5.21. The second-order valence-electron chi connectivity index (χ2n) is 3.21. The minimum atomic E-state index is -3.25. The summed E-state index contributed by atoms with van der Waals surface area (Å²) in [6.07, 6.45) is 0.455. The predicted octanol–water partition coefficient (Wildman–Crippen LogP) is -0.285. The molecule has 0 aromatic heterocycles. The standard InChI is InChI=1S/C8H16F2N2O2/c1-6(2-3-11)7(14)12-4-8(9,10)5-13/h6,13H,2-5,11H2,1H3,(H,12,14). The molecular weight excluding hydrogens is 194 g/mol. The molecular formula is C8H16F2N2O2. The number of hydrogen-bond donors (Lipinski definition) is 3. The van der Waals surface area contributed by atoms with Crippen LogP contribution in [0.3, 0.4) is 0 Å². The molecule has 0 saturated heterocycles. The molecule has 0 heterocycles. The molecule has 1 atom stereocenters. The van der Waals surface area contributed by atoms with Gasteiger partial charge in [0.15, 0.2) is 0 Å². The van der Waals surface area contributed by atoms with E-state index < -0.39 is 25.0 Å². The van der Waals surface area contributed by atoms with E-state index in [1.54, 1.807) is 6.92 Å². The van der Waals surface area contributed by atoms with Gasteiger partial charge in [-0.15, -0.1) is 0 Å². The highest BCUT2D eigenvalue weighted by Crippen LogP contribution is 2.10. The zero-order valence-electron chi connectivity index (χ0n) is 8.09. The van der Waals surface area contributed by atoms with Crippen LogP contribution in [0.4, 0.5) is 8.78 Å². The van der Waals surface area contributed by atoms with Crippen molar-refractivity contribution in [3.8, 4) is 0 Å². The Morgan fingerprint density at radius 3 is 2.64 bits per heavy atom. The number of aliphatic hydroxyl groups is 1. The molecule has 0 aromatic rings. The van der Waals surface area contributed by atoms with Crippen LogP contribution in [0.5, 0.6) is 0 Å². The van der Waals surface area contributed by atoms with Crippen LogP contribution < -0.4 is 11.1 Å². The quantitative estimate of drug-likeness (QED) is 0.564. The number of aliphatic hydroxyl groups excluding tert-OH is 1. The first-order valence-electron chi connectivity index (χ1n) is 4.39. The van der Waals surface area contributed by atoms with Gasteiger partial charge in [0.25, 0.3) is 5.92 Å². The number of halogens is 2. The summed E-state index contributed by atoms with van der Waals surface area (Å²) >= 11 is 0. The molecule has 4 nitrogen and oxygen atoms in total. The monoisotopic (exact) mass is 210 g/mol. The van der Waals surface area contributed by atoms with Crippen molar-refractivity contribution >= 4 is 5.91 Å². The van der Waals surface area contributed by atoms with Gasteiger partial charge in [-0.2, -0.15) is 0 Å². The van der Waals surface area contributed by atoms with Crippen LogP contribution >= 0.6 is 0 Å². The SMILES string of the molecule is CC(CCN)C(=O)NCC(F)(F)CO. The molecule has 0 saturated carbocycles. The van der Waals surface area contributed by atoms with E-state index in [1.165, 1.54) is 0 Å². The van der Waals surface area contributed by atoms with Crippen LogP contribution in [0.1, 0.15) is 13.3 Å². The third kappa shape index (κ3) is 5.08. The number of hydrogen-bond acceptors (Lipinski definition) is 3. The van der Waals surface area contributed by atoms with Crippen molar-refractivity contribution in [2.24, 2.45) is 11.7 Å². The van der Waals surface area contributed by atoms with Crippen molar-refractivity contribution in [3.63, 3.8) is 0 Å². The Balaban J connectivity index is 3.84. The van der Waals surface area contributed by atoms with Gasteiger partial charge in [0.05, 0.1) is 6.54 Å². The van der Waals surface area contributed by atoms with E-state index in [4.69, 9.17) is 10.8 Å². The third-order valence-corrected chi connectivity index (χ3v) is 1.80. The molecule has 0 radical (unpaired) electrons. The molecule has 6 heteroatoms. The van der Waals surface area contributed by atoms with Crippen LogP contribution in [0.2, 0.25) is 0 Å². The van der Waals surface area contributed by atoms with Gasteiger partial charge >= 0.3 is 0 Å². The normalized spacial score (nSPS) is 13.8. The highest BCUT2D eigenvalue weighted by atomic mass is 19.3. The van der Waals surface area contributed by atoms with Crippen molar-refractivity contribution in [2.75, 3.05) is 19.7 Å². The van der Waals surface area contributed by atoms with Gasteiger partial charge in [-0.1, -0.05) is 6.92 Å². The second-order valence-corrected chi connectivity index (χ2v) is 3.21. The zero-order chi connectivity index (χ0) is 11.2. The highest BCUT2D eigenvalue weighted by Gasteiger charge is 2.28. The predicted molar refractivity (Wildman–Crippen MR) is 47.9 cm³/mol. The Morgan fingerprint density at radius 2 is 2.21 bits per heavy atom. The van der Waals surface area contributed by atoms with Gasteiger partial charge < -0.3 is 16.2 Å². The summed E-state index contributed by atoms with van der Waals surface area (Å²) in [6, 6.07) is 0. The van der Waals surface area contributed by atoms with Crippen LogP contribution in [0.15, 0.2) is 0 Å². The molecule has 0 aliphatic heterocycles. The molecule has 0 bridgehead atoms. The Kier molecular flexibility index (Phi) is 5.56. The molecule has 0 aromatic carbocycles. The lowest BCUT2D eigenvalue weighted by Crippen LogP contribution is -2.41. The number of nitrogens with one attached hydrogen (secondary N) is 1. The van der Waals surface area contributed by atoms with Gasteiger partial charge in [-0.3, -0.25) is 4.79 Å². The molecule has 1 unspecified atom stereocenters. The Morgan fingerprint density at radius 1 is 1.64 bits per heavy atom. The van der Waals surface area contributed by atoms with E-state index in [2.05, 4.69) is 5.32 Å². The first kappa shape index (κ1) is 13.2. The fraction of sp³-hybridized carbons (Fsp3) is 0.875. The Labute approximate surface area is 81.5 Å². The number of carbonyl (C=O) groups excluding carboxylic acids is 1. The zero-order valence-corrected chi connectivity index (χ0v) is 8.09. The van der Waals surface area contributed by atoms with E-state index >= 15 is 0 Å². The molecule has 0 spiro atoms. The summed E-state index contributed by atoms with van der Waals surface area (Å²) in [5, 5.41) is 10.3. The van der Waals surface area contributed by atoms with Crippen molar-refractivity contribution in [3.05, 3.63) is 0 Å². The van der Waals surface area contributed by atoms with Gasteiger partial charge in [0, 0.05) is 5.92 Å². The summed E-state index contributed by atoms with van der Waals surface area (Å²) < 4.78 is 24.9. The first-order valence-corrected chi connectivity index (χ1v) is 4.39. The average molecular weight is 210 g/mol. The van der Waals surface area contributed by atoms with Crippen LogP contribution in [0, 0.1) is 5.92 Å². The van der Waals surface area contributed by atoms with Crippen LogP contribution in [-0.2, 0) is 4.79 Å². The van der Waals surface area contributed by atoms with E-state index in [0.29, 0.717) is 13.0 Å². The summed E-state index contributed by atoms with van der Waals surface area (Å²) in [4.78, 5) is 11.1. The van der Waals surface area contributed by atoms with Gasteiger partial charge in [0.2, 0.25) is 5.91 Å². The van der Waals surface area contributed by atoms with E-state index in [0.717, 1.165) is 0 Å². The largest absolute Gasteiger partial charge is 0.390 e. The maximum Gasteiger partial charge on any atom is 0.287 e. The molecule has 0 rings (SSSR count). The number of rotatable bonds is 6. The Hall–Kier alpha value is -0.750. The van der Waals surface area contributed by atoms with Crippen LogP contribution in [-0.4, -0.2) is 36.6 Å². The molecule has 4 N–H and O–H groups in total. The molecule has 84 valence electrons. The Bertz CT molecular complexity index is 188.